The van der Waals surface area contributed by atoms with Crippen molar-refractivity contribution in [2.24, 2.45) is 0 Å². The highest BCUT2D eigenvalue weighted by atomic mass is 19.1. The highest BCUT2D eigenvalue weighted by Gasteiger charge is 2.17. The zero-order valence-corrected chi connectivity index (χ0v) is 15.8. The van der Waals surface area contributed by atoms with E-state index in [0.717, 1.165) is 24.0 Å². The molecule has 2 rings (SSSR count). The lowest BCUT2D eigenvalue weighted by atomic mass is 10.00. The summed E-state index contributed by atoms with van der Waals surface area (Å²) in [5.74, 6) is 0.382. The molecule has 0 aliphatic carbocycles. The molecule has 0 saturated heterocycles. The van der Waals surface area contributed by atoms with Gasteiger partial charge < -0.3 is 16.2 Å². The van der Waals surface area contributed by atoms with Crippen LogP contribution in [0.1, 0.15) is 48.6 Å². The van der Waals surface area contributed by atoms with Gasteiger partial charge in [0.25, 0.3) is 0 Å². The molecule has 0 amide bonds. The molecule has 0 aliphatic heterocycles. The number of benzene rings is 1. The Hall–Kier alpha value is -2.72. The maximum Gasteiger partial charge on any atom is 0.222 e. The van der Waals surface area contributed by atoms with Gasteiger partial charge in [-0.25, -0.2) is 9.37 Å². The number of hydrogen-bond donors (Lipinski definition) is 3. The number of hydrogen-bond acceptors (Lipinski definition) is 6. The summed E-state index contributed by atoms with van der Waals surface area (Å²) in [6, 6.07) is 6.83. The van der Waals surface area contributed by atoms with E-state index >= 15 is 0 Å². The number of anilines is 2. The fraction of sp³-hybridized carbons (Fsp3) is 0.450. The molecule has 0 aliphatic rings. The molecule has 7 heteroatoms. The van der Waals surface area contributed by atoms with E-state index in [4.69, 9.17) is 11.0 Å². The number of aliphatic hydroxyl groups is 1. The third kappa shape index (κ3) is 5.63. The third-order valence-electron chi connectivity index (χ3n) is 4.45. The smallest absolute Gasteiger partial charge is 0.222 e. The van der Waals surface area contributed by atoms with Crippen LogP contribution >= 0.6 is 0 Å². The van der Waals surface area contributed by atoms with Gasteiger partial charge in [0.2, 0.25) is 5.95 Å². The van der Waals surface area contributed by atoms with Crippen LogP contribution in [-0.2, 0) is 12.8 Å². The number of nitrogen functional groups attached to an aromatic ring is 1. The van der Waals surface area contributed by atoms with Gasteiger partial charge >= 0.3 is 0 Å². The van der Waals surface area contributed by atoms with E-state index in [0.29, 0.717) is 23.5 Å². The van der Waals surface area contributed by atoms with Crippen LogP contribution in [0.15, 0.2) is 18.2 Å². The summed E-state index contributed by atoms with van der Waals surface area (Å²) in [6.45, 7) is 3.95. The molecule has 4 N–H and O–H groups in total. The largest absolute Gasteiger partial charge is 0.396 e. The highest BCUT2D eigenvalue weighted by Crippen LogP contribution is 2.25. The highest BCUT2D eigenvalue weighted by molar-refractivity contribution is 5.52. The van der Waals surface area contributed by atoms with E-state index in [1.807, 2.05) is 6.92 Å². The van der Waals surface area contributed by atoms with Crippen LogP contribution in [0.2, 0.25) is 0 Å². The monoisotopic (exact) mass is 371 g/mol. The Balaban J connectivity index is 2.39. The van der Waals surface area contributed by atoms with Gasteiger partial charge in [-0.3, -0.25) is 0 Å². The molecule has 144 valence electrons. The average molecular weight is 371 g/mol. The minimum Gasteiger partial charge on any atom is -0.396 e. The number of nitrogens with two attached hydrogens (primary N) is 1. The normalized spacial score (nSPS) is 11.8. The predicted molar refractivity (Wildman–Crippen MR) is 104 cm³/mol. The molecule has 0 spiro atoms. The Labute approximate surface area is 159 Å². The summed E-state index contributed by atoms with van der Waals surface area (Å²) in [5, 5.41) is 21.5. The van der Waals surface area contributed by atoms with Gasteiger partial charge in [0.15, 0.2) is 0 Å². The third-order valence-corrected chi connectivity index (χ3v) is 4.45. The Bertz CT molecular complexity index is 813. The van der Waals surface area contributed by atoms with Crippen molar-refractivity contribution in [3.05, 3.63) is 46.4 Å². The summed E-state index contributed by atoms with van der Waals surface area (Å²) >= 11 is 0. The molecular formula is C20H26FN5O. The quantitative estimate of drug-likeness (QED) is 0.625. The van der Waals surface area contributed by atoms with Crippen molar-refractivity contribution < 1.29 is 9.50 Å². The van der Waals surface area contributed by atoms with Crippen molar-refractivity contribution in [2.75, 3.05) is 17.7 Å². The second-order valence-corrected chi connectivity index (χ2v) is 6.57. The number of nitrogens with one attached hydrogen (secondary N) is 1. The maximum absolute atomic E-state index is 14.3. The summed E-state index contributed by atoms with van der Waals surface area (Å²) in [7, 11) is 0. The molecule has 1 aromatic carbocycles. The molecule has 0 radical (unpaired) electrons. The Morgan fingerprint density at radius 1 is 1.33 bits per heavy atom. The zero-order chi connectivity index (χ0) is 19.8. The molecule has 0 saturated carbocycles. The average Bonchev–Trinajstić information content (AvgIpc) is 2.61. The van der Waals surface area contributed by atoms with Crippen LogP contribution in [0.25, 0.3) is 0 Å². The topological polar surface area (TPSA) is 108 Å². The molecular weight excluding hydrogens is 345 g/mol. The number of nitrogens with zero attached hydrogens (tertiary/aromatic N) is 3. The van der Waals surface area contributed by atoms with Gasteiger partial charge in [-0.05, 0) is 37.0 Å². The lowest BCUT2D eigenvalue weighted by molar-refractivity contribution is 0.276. The fourth-order valence-electron chi connectivity index (χ4n) is 3.09. The second-order valence-electron chi connectivity index (χ2n) is 6.57. The van der Waals surface area contributed by atoms with Crippen molar-refractivity contribution in [2.45, 2.75) is 52.0 Å². The van der Waals surface area contributed by atoms with Gasteiger partial charge in [0, 0.05) is 30.3 Å². The summed E-state index contributed by atoms with van der Waals surface area (Å²) in [5.41, 5.74) is 8.50. The van der Waals surface area contributed by atoms with Crippen LogP contribution in [-0.4, -0.2) is 27.7 Å². The molecule has 6 nitrogen and oxygen atoms in total. The van der Waals surface area contributed by atoms with Crippen LogP contribution in [0.4, 0.5) is 16.2 Å². The first kappa shape index (κ1) is 20.6. The number of aliphatic hydroxyl groups excluding tert-OH is 1. The number of aryl methyl sites for hydroxylation is 1. The van der Waals surface area contributed by atoms with Gasteiger partial charge in [0.1, 0.15) is 11.6 Å². The minimum absolute atomic E-state index is 0.0437. The molecule has 0 bridgehead atoms. The standard InChI is InChI=1S/C20H26FN5O/c1-3-4-16(8-10-27)25-19-17(13(2)24-20(23)26-19)12-15-11-14(7-9-22)5-6-18(15)21/h5-6,11,16,27H,3-4,7-8,10,12H2,1-2H3,(H3,23,24,25,26)/t16-/m0/s1. The molecule has 1 aromatic heterocycles. The summed E-state index contributed by atoms with van der Waals surface area (Å²) < 4.78 is 14.3. The van der Waals surface area contributed by atoms with Crippen LogP contribution in [0.5, 0.6) is 0 Å². The fourth-order valence-corrected chi connectivity index (χ4v) is 3.09. The molecule has 2 aromatic rings. The number of aromatic nitrogens is 2. The van der Waals surface area contributed by atoms with E-state index in [9.17, 15) is 9.50 Å². The lowest BCUT2D eigenvalue weighted by Gasteiger charge is -2.21. The van der Waals surface area contributed by atoms with Crippen molar-refractivity contribution in [1.82, 2.24) is 9.97 Å². The van der Waals surface area contributed by atoms with Crippen molar-refractivity contribution in [3.8, 4) is 6.07 Å². The van der Waals surface area contributed by atoms with Gasteiger partial charge in [0.05, 0.1) is 12.5 Å². The molecule has 1 atom stereocenters. The molecule has 1 heterocycles. The summed E-state index contributed by atoms with van der Waals surface area (Å²) in [4.78, 5) is 8.54. The van der Waals surface area contributed by atoms with Crippen molar-refractivity contribution in [3.63, 3.8) is 0 Å². The Morgan fingerprint density at radius 2 is 2.11 bits per heavy atom. The lowest BCUT2D eigenvalue weighted by Crippen LogP contribution is -2.23. The zero-order valence-electron chi connectivity index (χ0n) is 15.8. The number of rotatable bonds is 9. The van der Waals surface area contributed by atoms with Crippen LogP contribution in [0, 0.1) is 24.1 Å². The number of nitriles is 1. The molecule has 27 heavy (non-hydrogen) atoms. The van der Waals surface area contributed by atoms with E-state index in [2.05, 4.69) is 28.3 Å². The van der Waals surface area contributed by atoms with Gasteiger partial charge in [-0.1, -0.05) is 25.5 Å². The first-order valence-corrected chi connectivity index (χ1v) is 9.13. The van der Waals surface area contributed by atoms with Crippen LogP contribution in [0.3, 0.4) is 0 Å². The summed E-state index contributed by atoms with van der Waals surface area (Å²) in [6.07, 6.45) is 2.93. The Morgan fingerprint density at radius 3 is 2.78 bits per heavy atom. The first-order chi connectivity index (χ1) is 13.0. The van der Waals surface area contributed by atoms with E-state index in [-0.39, 0.29) is 37.3 Å². The van der Waals surface area contributed by atoms with E-state index < -0.39 is 0 Å². The molecule has 0 unspecified atom stereocenters. The van der Waals surface area contributed by atoms with Crippen LogP contribution < -0.4 is 11.1 Å². The van der Waals surface area contributed by atoms with Crippen molar-refractivity contribution >= 4 is 11.8 Å². The van der Waals surface area contributed by atoms with E-state index in [1.54, 1.807) is 12.1 Å². The maximum atomic E-state index is 14.3. The number of halogens is 1. The molecule has 0 fully saturated rings. The predicted octanol–water partition coefficient (Wildman–Crippen LogP) is 3.13. The van der Waals surface area contributed by atoms with Gasteiger partial charge in [-0.15, -0.1) is 0 Å². The first-order valence-electron chi connectivity index (χ1n) is 9.13. The second kappa shape index (κ2) is 9.83. The van der Waals surface area contributed by atoms with E-state index in [1.165, 1.54) is 6.07 Å². The minimum atomic E-state index is -0.334. The SMILES string of the molecule is CCC[C@@H](CCO)Nc1nc(N)nc(C)c1Cc1cc(CC#N)ccc1F. The van der Waals surface area contributed by atoms with Gasteiger partial charge in [-0.2, -0.15) is 10.2 Å². The Kier molecular flexibility index (Phi) is 7.50. The van der Waals surface area contributed by atoms with Crippen molar-refractivity contribution in [1.29, 1.82) is 5.26 Å².